The lowest BCUT2D eigenvalue weighted by molar-refractivity contribution is 0.00776. The third kappa shape index (κ3) is 4.15. The first kappa shape index (κ1) is 22.4. The number of rotatable bonds is 3. The highest BCUT2D eigenvalue weighted by Gasteiger charge is 2.28. The second-order valence-corrected chi connectivity index (χ2v) is 10.8. The van der Waals surface area contributed by atoms with Crippen molar-refractivity contribution in [3.8, 4) is 22.6 Å². The Morgan fingerprint density at radius 1 is 0.649 bits per heavy atom. The summed E-state index contributed by atoms with van der Waals surface area (Å²) in [5, 5.41) is 4.79. The van der Waals surface area contributed by atoms with Crippen molar-refractivity contribution in [3.05, 3.63) is 108 Å². The van der Waals surface area contributed by atoms with E-state index in [0.717, 1.165) is 34.1 Å². The molecule has 2 aliphatic rings. The maximum atomic E-state index is 6.69. The number of ether oxygens (including phenoxy) is 2. The summed E-state index contributed by atoms with van der Waals surface area (Å²) < 4.78 is 13.4. The van der Waals surface area contributed by atoms with Crippen LogP contribution in [0.3, 0.4) is 0 Å². The highest BCUT2D eigenvalue weighted by Crippen LogP contribution is 2.49. The molecule has 1 aliphatic heterocycles. The number of benzene rings is 5. The predicted molar refractivity (Wildman–Crippen MR) is 152 cm³/mol. The maximum Gasteiger partial charge on any atom is 0.267 e. The van der Waals surface area contributed by atoms with E-state index >= 15 is 0 Å². The SMILES string of the molecule is Cc1ccc2ccc3c(c2c1)-c1c(ccc2ccccc12)OC(c1ccc(CC2CCCCC2)cc1)O3. The molecule has 1 saturated carbocycles. The Hall–Kier alpha value is -3.78. The van der Waals surface area contributed by atoms with Gasteiger partial charge in [-0.1, -0.05) is 117 Å². The van der Waals surface area contributed by atoms with Crippen molar-refractivity contribution < 1.29 is 9.47 Å². The van der Waals surface area contributed by atoms with Gasteiger partial charge < -0.3 is 9.47 Å². The second-order valence-electron chi connectivity index (χ2n) is 10.8. The molecule has 1 aliphatic carbocycles. The van der Waals surface area contributed by atoms with Crippen LogP contribution in [-0.4, -0.2) is 0 Å². The zero-order valence-electron chi connectivity index (χ0n) is 21.4. The fourth-order valence-corrected chi connectivity index (χ4v) is 6.30. The Morgan fingerprint density at radius 3 is 2.05 bits per heavy atom. The Kier molecular flexibility index (Phi) is 5.61. The van der Waals surface area contributed by atoms with E-state index < -0.39 is 6.29 Å². The summed E-state index contributed by atoms with van der Waals surface area (Å²) in [6, 6.07) is 32.6. The molecule has 7 rings (SSSR count). The Morgan fingerprint density at radius 2 is 1.30 bits per heavy atom. The first-order chi connectivity index (χ1) is 18.2. The molecule has 37 heavy (non-hydrogen) atoms. The van der Waals surface area contributed by atoms with E-state index in [-0.39, 0.29) is 0 Å². The molecule has 1 fully saturated rings. The van der Waals surface area contributed by atoms with E-state index in [4.69, 9.17) is 9.47 Å². The van der Waals surface area contributed by atoms with Crippen LogP contribution in [0.2, 0.25) is 0 Å². The van der Waals surface area contributed by atoms with Crippen molar-refractivity contribution >= 4 is 21.5 Å². The third-order valence-electron chi connectivity index (χ3n) is 8.25. The lowest BCUT2D eigenvalue weighted by atomic mass is 9.85. The molecule has 0 spiro atoms. The number of fused-ring (bicyclic) bond motifs is 7. The molecule has 1 atom stereocenters. The number of hydrogen-bond acceptors (Lipinski definition) is 2. The average molecular weight is 485 g/mol. The van der Waals surface area contributed by atoms with Gasteiger partial charge in [-0.25, -0.2) is 0 Å². The summed E-state index contributed by atoms with van der Waals surface area (Å²) in [5.74, 6) is 2.56. The van der Waals surface area contributed by atoms with Crippen LogP contribution in [-0.2, 0) is 6.42 Å². The summed E-state index contributed by atoms with van der Waals surface area (Å²) >= 11 is 0. The molecule has 184 valence electrons. The van der Waals surface area contributed by atoms with Gasteiger partial charge in [0.25, 0.3) is 6.29 Å². The molecule has 0 bridgehead atoms. The van der Waals surface area contributed by atoms with Crippen molar-refractivity contribution in [3.63, 3.8) is 0 Å². The molecule has 0 saturated heterocycles. The van der Waals surface area contributed by atoms with Gasteiger partial charge in [0.05, 0.1) is 0 Å². The molecule has 0 aromatic heterocycles. The monoisotopic (exact) mass is 484 g/mol. The van der Waals surface area contributed by atoms with Crippen LogP contribution in [0, 0.1) is 12.8 Å². The number of hydrogen-bond donors (Lipinski definition) is 0. The zero-order chi connectivity index (χ0) is 24.8. The van der Waals surface area contributed by atoms with Crippen LogP contribution in [0.15, 0.2) is 91.0 Å². The first-order valence-corrected chi connectivity index (χ1v) is 13.7. The molecule has 1 heterocycles. The fourth-order valence-electron chi connectivity index (χ4n) is 6.30. The van der Waals surface area contributed by atoms with Gasteiger partial charge in [-0.15, -0.1) is 0 Å². The van der Waals surface area contributed by atoms with Crippen molar-refractivity contribution in [1.82, 2.24) is 0 Å². The van der Waals surface area contributed by atoms with Crippen LogP contribution in [0.4, 0.5) is 0 Å². The van der Waals surface area contributed by atoms with Gasteiger partial charge in [0.1, 0.15) is 11.5 Å². The van der Waals surface area contributed by atoms with Gasteiger partial charge in [-0.3, -0.25) is 0 Å². The quantitative estimate of drug-likeness (QED) is 0.254. The number of aryl methyl sites for hydroxylation is 1. The minimum Gasteiger partial charge on any atom is -0.450 e. The molecule has 0 N–H and O–H groups in total. The van der Waals surface area contributed by atoms with Crippen LogP contribution in [0.5, 0.6) is 11.5 Å². The smallest absolute Gasteiger partial charge is 0.267 e. The summed E-state index contributed by atoms with van der Waals surface area (Å²) in [4.78, 5) is 0. The highest BCUT2D eigenvalue weighted by atomic mass is 16.7. The lowest BCUT2D eigenvalue weighted by Gasteiger charge is -2.22. The van der Waals surface area contributed by atoms with Gasteiger partial charge in [0.15, 0.2) is 0 Å². The molecule has 0 amide bonds. The molecule has 5 aromatic carbocycles. The molecular formula is C35H32O2. The van der Waals surface area contributed by atoms with Gasteiger partial charge in [0, 0.05) is 16.7 Å². The zero-order valence-corrected chi connectivity index (χ0v) is 21.4. The minimum atomic E-state index is -0.507. The summed E-state index contributed by atoms with van der Waals surface area (Å²) in [5.41, 5.74) is 5.92. The van der Waals surface area contributed by atoms with Crippen molar-refractivity contribution in [2.75, 3.05) is 0 Å². The fraction of sp³-hybridized carbons (Fsp3) is 0.257. The summed E-state index contributed by atoms with van der Waals surface area (Å²) in [7, 11) is 0. The van der Waals surface area contributed by atoms with Gasteiger partial charge in [0.2, 0.25) is 0 Å². The average Bonchev–Trinajstić information content (AvgIpc) is 3.11. The summed E-state index contributed by atoms with van der Waals surface area (Å²) in [6.07, 6.45) is 7.57. The second kappa shape index (κ2) is 9.27. The molecule has 2 heteroatoms. The van der Waals surface area contributed by atoms with Gasteiger partial charge in [-0.2, -0.15) is 0 Å². The Bertz CT molecular complexity index is 1590. The van der Waals surface area contributed by atoms with Crippen molar-refractivity contribution in [2.24, 2.45) is 5.92 Å². The third-order valence-corrected chi connectivity index (χ3v) is 8.25. The normalized spacial score (nSPS) is 17.5. The molecular weight excluding hydrogens is 452 g/mol. The van der Waals surface area contributed by atoms with E-state index in [0.29, 0.717) is 0 Å². The Balaban J connectivity index is 1.34. The maximum absolute atomic E-state index is 6.69. The van der Waals surface area contributed by atoms with E-state index in [1.165, 1.54) is 71.2 Å². The van der Waals surface area contributed by atoms with Crippen molar-refractivity contribution in [1.29, 1.82) is 0 Å². The van der Waals surface area contributed by atoms with Gasteiger partial charge >= 0.3 is 0 Å². The van der Waals surface area contributed by atoms with E-state index in [2.05, 4.69) is 97.9 Å². The van der Waals surface area contributed by atoms with Crippen LogP contribution in [0.25, 0.3) is 32.7 Å². The van der Waals surface area contributed by atoms with E-state index in [1.54, 1.807) is 0 Å². The van der Waals surface area contributed by atoms with Gasteiger partial charge in [-0.05, 0) is 58.5 Å². The molecule has 5 aromatic rings. The lowest BCUT2D eigenvalue weighted by Crippen LogP contribution is -2.14. The van der Waals surface area contributed by atoms with Crippen molar-refractivity contribution in [2.45, 2.75) is 51.7 Å². The van der Waals surface area contributed by atoms with Crippen LogP contribution >= 0.6 is 0 Å². The predicted octanol–water partition coefficient (Wildman–Crippen LogP) is 9.56. The largest absolute Gasteiger partial charge is 0.450 e. The molecule has 1 unspecified atom stereocenters. The highest BCUT2D eigenvalue weighted by molar-refractivity contribution is 6.10. The van der Waals surface area contributed by atoms with Crippen LogP contribution < -0.4 is 9.47 Å². The Labute approximate surface area is 218 Å². The molecule has 0 radical (unpaired) electrons. The first-order valence-electron chi connectivity index (χ1n) is 13.7. The molecule has 2 nitrogen and oxygen atoms in total. The van der Waals surface area contributed by atoms with E-state index in [1.807, 2.05) is 0 Å². The van der Waals surface area contributed by atoms with E-state index in [9.17, 15) is 0 Å². The minimum absolute atomic E-state index is 0.507. The summed E-state index contributed by atoms with van der Waals surface area (Å²) in [6.45, 7) is 2.15. The topological polar surface area (TPSA) is 18.5 Å². The standard InChI is InChI=1S/C35H32O2/c1-23-11-14-27-18-20-32-34(30(27)21-23)33-29-10-6-5-9-26(29)17-19-31(33)36-35(37-32)28-15-12-25(13-16-28)22-24-7-3-2-4-8-24/h5-6,9-21,24,35H,2-4,7-8,22H2,1H3. The van der Waals surface area contributed by atoms with Crippen LogP contribution in [0.1, 0.15) is 55.1 Å².